The Morgan fingerprint density at radius 3 is 1.56 bits per heavy atom. The Kier molecular flexibility index (Phi) is 5.38. The molecule has 0 aliphatic heterocycles. The Balaban J connectivity index is 0.896. The fourth-order valence-electron chi connectivity index (χ4n) is 11.1. The number of fused-ring (bicyclic) bond motifs is 1. The summed E-state index contributed by atoms with van der Waals surface area (Å²) in [5.74, 6) is 5.05. The number of aromatic nitrogens is 1. The Hall–Kier alpha value is -2.73. The third kappa shape index (κ3) is 4.11. The lowest BCUT2D eigenvalue weighted by Crippen LogP contribution is -2.51. The van der Waals surface area contributed by atoms with E-state index in [-0.39, 0.29) is 22.6 Å². The molecule has 2 aromatic carbocycles. The number of anilines is 2. The van der Waals surface area contributed by atoms with Gasteiger partial charge in [0.15, 0.2) is 0 Å². The second kappa shape index (κ2) is 8.89. The summed E-state index contributed by atoms with van der Waals surface area (Å²) in [6.45, 7) is 0. The number of amides is 2. The normalized spacial score (nSPS) is 38.0. The first-order valence-corrected chi connectivity index (χ1v) is 16.9. The van der Waals surface area contributed by atoms with Crippen molar-refractivity contribution in [1.82, 2.24) is 4.98 Å². The molecular formula is C35H39N3O2S. The van der Waals surface area contributed by atoms with E-state index in [4.69, 9.17) is 4.98 Å². The van der Waals surface area contributed by atoms with Gasteiger partial charge in [-0.15, -0.1) is 11.3 Å². The minimum atomic E-state index is -0.143. The highest BCUT2D eigenvalue weighted by Gasteiger charge is 2.55. The number of thiazole rings is 1. The van der Waals surface area contributed by atoms with Crippen LogP contribution in [0.2, 0.25) is 0 Å². The monoisotopic (exact) mass is 565 g/mol. The summed E-state index contributed by atoms with van der Waals surface area (Å²) in [5, 5.41) is 7.55. The Labute approximate surface area is 245 Å². The number of benzene rings is 2. The zero-order valence-corrected chi connectivity index (χ0v) is 24.5. The lowest BCUT2D eigenvalue weighted by Gasteiger charge is -2.55. The third-order valence-corrected chi connectivity index (χ3v) is 13.1. The van der Waals surface area contributed by atoms with Crippen molar-refractivity contribution < 1.29 is 9.59 Å². The van der Waals surface area contributed by atoms with Gasteiger partial charge in [-0.25, -0.2) is 4.98 Å². The van der Waals surface area contributed by atoms with Crippen LogP contribution in [0.25, 0.3) is 20.8 Å². The molecule has 1 aromatic heterocycles. The van der Waals surface area contributed by atoms with Crippen LogP contribution < -0.4 is 10.6 Å². The van der Waals surface area contributed by atoms with E-state index in [1.54, 1.807) is 11.3 Å². The molecule has 8 saturated carbocycles. The minimum absolute atomic E-state index is 0.136. The van der Waals surface area contributed by atoms with Crippen molar-refractivity contribution in [2.75, 3.05) is 10.6 Å². The van der Waals surface area contributed by atoms with Gasteiger partial charge in [0.1, 0.15) is 5.01 Å². The van der Waals surface area contributed by atoms with Gasteiger partial charge in [0.25, 0.3) is 0 Å². The van der Waals surface area contributed by atoms with E-state index in [2.05, 4.69) is 28.8 Å². The number of carbonyl (C=O) groups is 2. The summed E-state index contributed by atoms with van der Waals surface area (Å²) in [6.07, 6.45) is 14.6. The average molecular weight is 566 g/mol. The molecule has 41 heavy (non-hydrogen) atoms. The predicted octanol–water partition coefficient (Wildman–Crippen LogP) is 8.27. The zero-order chi connectivity index (χ0) is 27.3. The Bertz CT molecular complexity index is 1480. The molecule has 8 bridgehead atoms. The van der Waals surface area contributed by atoms with Crippen molar-refractivity contribution in [3.8, 4) is 10.6 Å². The highest BCUT2D eigenvalue weighted by molar-refractivity contribution is 7.21. The fraction of sp³-hybridized carbons (Fsp3) is 0.571. The highest BCUT2D eigenvalue weighted by Crippen LogP contribution is 2.61. The maximum Gasteiger partial charge on any atom is 0.230 e. The molecule has 1 heterocycles. The van der Waals surface area contributed by atoms with Crippen LogP contribution in [-0.4, -0.2) is 16.8 Å². The van der Waals surface area contributed by atoms with Crippen LogP contribution in [0.4, 0.5) is 11.4 Å². The van der Waals surface area contributed by atoms with E-state index in [9.17, 15) is 9.59 Å². The van der Waals surface area contributed by atoms with Crippen LogP contribution in [0.15, 0.2) is 42.5 Å². The summed E-state index contributed by atoms with van der Waals surface area (Å²) in [6, 6.07) is 14.3. The molecule has 2 N–H and O–H groups in total. The van der Waals surface area contributed by atoms with Crippen LogP contribution in [0.5, 0.6) is 0 Å². The summed E-state index contributed by atoms with van der Waals surface area (Å²) in [4.78, 5) is 31.9. The quantitative estimate of drug-likeness (QED) is 0.327. The second-order valence-electron chi connectivity index (χ2n) is 15.1. The lowest BCUT2D eigenvalue weighted by molar-refractivity contribution is -0.141. The molecule has 0 atom stereocenters. The zero-order valence-electron chi connectivity index (χ0n) is 23.7. The number of carbonyl (C=O) groups excluding carboxylic acids is 2. The molecule has 6 heteroatoms. The third-order valence-electron chi connectivity index (χ3n) is 12.1. The Morgan fingerprint density at radius 1 is 0.634 bits per heavy atom. The number of hydrogen-bond acceptors (Lipinski definition) is 4. The number of nitrogens with zero attached hydrogens (tertiary/aromatic N) is 1. The molecule has 8 aliphatic rings. The van der Waals surface area contributed by atoms with Crippen molar-refractivity contribution in [2.24, 2.45) is 46.3 Å². The van der Waals surface area contributed by atoms with Gasteiger partial charge in [-0.1, -0.05) is 0 Å². The van der Waals surface area contributed by atoms with Gasteiger partial charge in [0.2, 0.25) is 11.8 Å². The predicted molar refractivity (Wildman–Crippen MR) is 164 cm³/mol. The molecule has 8 fully saturated rings. The number of rotatable bonds is 5. The smallest absolute Gasteiger partial charge is 0.230 e. The molecule has 3 aromatic rings. The Morgan fingerprint density at radius 2 is 1.07 bits per heavy atom. The van der Waals surface area contributed by atoms with E-state index in [1.807, 2.05) is 24.3 Å². The fourth-order valence-corrected chi connectivity index (χ4v) is 12.1. The lowest BCUT2D eigenvalue weighted by atomic mass is 9.49. The molecule has 0 unspecified atom stereocenters. The van der Waals surface area contributed by atoms with Crippen molar-refractivity contribution in [3.63, 3.8) is 0 Å². The largest absolute Gasteiger partial charge is 0.326 e. The molecular weight excluding hydrogens is 526 g/mol. The van der Waals surface area contributed by atoms with E-state index in [0.29, 0.717) is 0 Å². The van der Waals surface area contributed by atoms with E-state index >= 15 is 0 Å². The molecule has 8 aliphatic carbocycles. The van der Waals surface area contributed by atoms with E-state index in [1.165, 1.54) is 38.5 Å². The molecule has 11 rings (SSSR count). The van der Waals surface area contributed by atoms with Crippen LogP contribution >= 0.6 is 11.3 Å². The SMILES string of the molecule is O=C(Nc1ccc(-c2nc3ccc(NC(=O)C45CC6CC(CC(C6)C4)C5)cc3s2)cc1)C12CC3CC(CC(C3)C1)C2. The summed E-state index contributed by atoms with van der Waals surface area (Å²) >= 11 is 1.66. The van der Waals surface area contributed by atoms with E-state index < -0.39 is 0 Å². The van der Waals surface area contributed by atoms with Gasteiger partial charge in [-0.3, -0.25) is 9.59 Å². The van der Waals surface area contributed by atoms with Crippen molar-refractivity contribution in [2.45, 2.75) is 77.0 Å². The van der Waals surface area contributed by atoms with E-state index in [0.717, 1.165) is 106 Å². The van der Waals surface area contributed by atoms with Gasteiger partial charge in [0, 0.05) is 16.9 Å². The first-order chi connectivity index (χ1) is 19.9. The summed E-state index contributed by atoms with van der Waals surface area (Å²) < 4.78 is 1.09. The molecule has 212 valence electrons. The van der Waals surface area contributed by atoms with Crippen LogP contribution in [-0.2, 0) is 9.59 Å². The number of hydrogen-bond donors (Lipinski definition) is 2. The van der Waals surface area contributed by atoms with Crippen LogP contribution in [0.3, 0.4) is 0 Å². The number of nitrogens with one attached hydrogen (secondary N) is 2. The topological polar surface area (TPSA) is 71.1 Å². The molecule has 5 nitrogen and oxygen atoms in total. The molecule has 0 spiro atoms. The maximum atomic E-state index is 13.6. The standard InChI is InChI=1S/C35H39N3O2S/c39-32(34-14-20-7-21(15-34)9-22(8-20)16-34)36-27-3-1-26(2-4-27)31-38-29-6-5-28(13-30(29)41-31)37-33(40)35-17-23-10-24(18-35)12-25(11-23)19-35/h1-6,13,20-25H,7-12,14-19H2,(H,36,39)(H,37,40). The van der Waals surface area contributed by atoms with Gasteiger partial charge in [-0.05, 0) is 155 Å². The molecule has 0 saturated heterocycles. The molecule has 2 amide bonds. The van der Waals surface area contributed by atoms with Crippen molar-refractivity contribution in [3.05, 3.63) is 42.5 Å². The van der Waals surface area contributed by atoms with Crippen LogP contribution in [0, 0.1) is 46.3 Å². The van der Waals surface area contributed by atoms with Gasteiger partial charge >= 0.3 is 0 Å². The van der Waals surface area contributed by atoms with Crippen LogP contribution in [0.1, 0.15) is 77.0 Å². The highest BCUT2D eigenvalue weighted by atomic mass is 32.1. The first kappa shape index (κ1) is 24.8. The summed E-state index contributed by atoms with van der Waals surface area (Å²) in [7, 11) is 0. The van der Waals surface area contributed by atoms with Crippen molar-refractivity contribution >= 4 is 44.7 Å². The second-order valence-corrected chi connectivity index (χ2v) is 16.1. The maximum absolute atomic E-state index is 13.6. The molecule has 0 radical (unpaired) electrons. The minimum Gasteiger partial charge on any atom is -0.326 e. The van der Waals surface area contributed by atoms with Crippen molar-refractivity contribution in [1.29, 1.82) is 0 Å². The first-order valence-electron chi connectivity index (χ1n) is 16.0. The van der Waals surface area contributed by atoms with Gasteiger partial charge in [-0.2, -0.15) is 0 Å². The summed E-state index contributed by atoms with van der Waals surface area (Å²) in [5.41, 5.74) is 3.50. The average Bonchev–Trinajstić information content (AvgIpc) is 3.35. The van der Waals surface area contributed by atoms with Gasteiger partial charge < -0.3 is 10.6 Å². The van der Waals surface area contributed by atoms with Gasteiger partial charge in [0.05, 0.1) is 21.0 Å².